The number of aryl methyl sites for hydroxylation is 1. The lowest BCUT2D eigenvalue weighted by atomic mass is 9.78. The maximum Gasteiger partial charge on any atom is 0.319 e. The van der Waals surface area contributed by atoms with Gasteiger partial charge in [0.1, 0.15) is 17.4 Å². The first-order chi connectivity index (χ1) is 16.4. The lowest BCUT2D eigenvalue weighted by Crippen LogP contribution is -2.44. The number of halogens is 1. The van der Waals surface area contributed by atoms with E-state index in [1.807, 2.05) is 38.1 Å². The van der Waals surface area contributed by atoms with Crippen LogP contribution in [0.1, 0.15) is 24.0 Å². The predicted molar refractivity (Wildman–Crippen MR) is 131 cm³/mol. The van der Waals surface area contributed by atoms with Crippen molar-refractivity contribution < 1.29 is 23.8 Å². The summed E-state index contributed by atoms with van der Waals surface area (Å²) >= 11 is 7.64. The number of hydrogen-bond donors (Lipinski definition) is 1. The van der Waals surface area contributed by atoms with Crippen LogP contribution in [-0.4, -0.2) is 38.0 Å². The average Bonchev–Trinajstić information content (AvgIpc) is 2.83. The molecule has 3 rings (SSSR count). The summed E-state index contributed by atoms with van der Waals surface area (Å²) in [7, 11) is 1.21. The number of methoxy groups -OCH3 is 1. The quantitative estimate of drug-likeness (QED) is 0.305. The van der Waals surface area contributed by atoms with E-state index in [1.54, 1.807) is 18.2 Å². The predicted octanol–water partition coefficient (Wildman–Crippen LogP) is 4.60. The Morgan fingerprint density at radius 1 is 1.21 bits per heavy atom. The number of amides is 1. The molecule has 2 aromatic rings. The largest absolute Gasteiger partial charge is 0.493 e. The van der Waals surface area contributed by atoms with E-state index in [0.29, 0.717) is 40.3 Å². The minimum absolute atomic E-state index is 0.260. The Kier molecular flexibility index (Phi) is 8.85. The number of hydrogen-bond acceptors (Lipinski definition) is 7. The third-order valence-electron chi connectivity index (χ3n) is 5.22. The second kappa shape index (κ2) is 11.8. The Hall–Kier alpha value is -3.15. The number of allylic oxidation sites excluding steroid dienone is 1. The van der Waals surface area contributed by atoms with Gasteiger partial charge >= 0.3 is 5.97 Å². The molecule has 0 spiro atoms. The van der Waals surface area contributed by atoms with Crippen LogP contribution in [0, 0.1) is 24.2 Å². The van der Waals surface area contributed by atoms with Crippen LogP contribution in [0.4, 0.5) is 0 Å². The van der Waals surface area contributed by atoms with Crippen LogP contribution in [0.15, 0.2) is 53.1 Å². The fraction of sp³-hybridized carbons (Fsp3) is 0.320. The van der Waals surface area contributed by atoms with Gasteiger partial charge in [0.25, 0.3) is 0 Å². The summed E-state index contributed by atoms with van der Waals surface area (Å²) in [6.07, 6.45) is 0. The Balaban J connectivity index is 1.87. The van der Waals surface area contributed by atoms with Crippen LogP contribution in [0.25, 0.3) is 0 Å². The van der Waals surface area contributed by atoms with E-state index in [-0.39, 0.29) is 5.57 Å². The monoisotopic (exact) mass is 500 g/mol. The van der Waals surface area contributed by atoms with Gasteiger partial charge in [-0.1, -0.05) is 35.4 Å². The summed E-state index contributed by atoms with van der Waals surface area (Å²) in [5, 5.41) is 13.4. The van der Waals surface area contributed by atoms with Crippen molar-refractivity contribution in [2.24, 2.45) is 5.92 Å². The lowest BCUT2D eigenvalue weighted by molar-refractivity contribution is -0.150. The molecule has 9 heteroatoms. The normalized spacial score (nSPS) is 17.6. The van der Waals surface area contributed by atoms with E-state index in [2.05, 4.69) is 11.4 Å². The molecule has 0 aliphatic carbocycles. The number of rotatable bonds is 9. The first-order valence-electron chi connectivity index (χ1n) is 10.7. The molecule has 7 nitrogen and oxygen atoms in total. The molecule has 0 fully saturated rings. The molecule has 1 N–H and O–H groups in total. The second-order valence-corrected chi connectivity index (χ2v) is 8.97. The van der Waals surface area contributed by atoms with Gasteiger partial charge in [0.2, 0.25) is 5.91 Å². The Labute approximate surface area is 208 Å². The van der Waals surface area contributed by atoms with E-state index in [4.69, 9.17) is 25.8 Å². The number of ether oxygens (including phenoxy) is 3. The molecule has 0 saturated carbocycles. The Morgan fingerprint density at radius 3 is 2.56 bits per heavy atom. The molecule has 1 amide bonds. The molecule has 0 saturated heterocycles. The van der Waals surface area contributed by atoms with Gasteiger partial charge in [0.05, 0.1) is 42.0 Å². The molecule has 1 aliphatic heterocycles. The summed E-state index contributed by atoms with van der Waals surface area (Å²) < 4.78 is 16.1. The molecule has 178 valence electrons. The number of nitriles is 1. The summed E-state index contributed by atoms with van der Waals surface area (Å²) in [5.74, 6) is -1.64. The highest BCUT2D eigenvalue weighted by atomic mass is 35.5. The molecule has 34 heavy (non-hydrogen) atoms. The van der Waals surface area contributed by atoms with Crippen molar-refractivity contribution in [2.75, 3.05) is 26.1 Å². The standard InChI is InChI=1S/C25H25ClN2O5S/c1-4-32-20-10-7-16(13-19(20)26)21-18(14-27)24(28-23(29)22(21)25(30)31-3)34-12-11-33-17-8-5-15(2)6-9-17/h5-10,13,21-22H,4,11-12H2,1-3H3,(H,28,29)/t21-,22-/m1/s1. The first-order valence-corrected chi connectivity index (χ1v) is 12.0. The van der Waals surface area contributed by atoms with Gasteiger partial charge in [-0.15, -0.1) is 11.8 Å². The van der Waals surface area contributed by atoms with Gasteiger partial charge in [-0.05, 0) is 43.7 Å². The fourth-order valence-electron chi connectivity index (χ4n) is 3.60. The number of thioether (sulfide) groups is 1. The third-order valence-corrected chi connectivity index (χ3v) is 6.49. The Morgan fingerprint density at radius 2 is 1.94 bits per heavy atom. The molecule has 2 aromatic carbocycles. The summed E-state index contributed by atoms with van der Waals surface area (Å²) in [6, 6.07) is 14.8. The molecule has 0 unspecified atom stereocenters. The zero-order valence-electron chi connectivity index (χ0n) is 19.1. The molecule has 1 aliphatic rings. The van der Waals surface area contributed by atoms with Crippen LogP contribution in [0.2, 0.25) is 5.02 Å². The Bertz CT molecular complexity index is 1130. The number of carbonyl (C=O) groups excluding carboxylic acids is 2. The molecule has 0 bridgehead atoms. The van der Waals surface area contributed by atoms with Crippen molar-refractivity contribution >= 4 is 35.2 Å². The first kappa shape index (κ1) is 25.5. The van der Waals surface area contributed by atoms with Crippen molar-refractivity contribution in [1.82, 2.24) is 5.32 Å². The van der Waals surface area contributed by atoms with E-state index >= 15 is 0 Å². The van der Waals surface area contributed by atoms with Crippen molar-refractivity contribution in [3.63, 3.8) is 0 Å². The van der Waals surface area contributed by atoms with Gasteiger partial charge in [-0.3, -0.25) is 9.59 Å². The van der Waals surface area contributed by atoms with E-state index < -0.39 is 23.7 Å². The van der Waals surface area contributed by atoms with Crippen LogP contribution in [0.3, 0.4) is 0 Å². The van der Waals surface area contributed by atoms with E-state index in [1.165, 1.54) is 18.9 Å². The third kappa shape index (κ3) is 5.85. The van der Waals surface area contributed by atoms with Crippen LogP contribution in [-0.2, 0) is 14.3 Å². The van der Waals surface area contributed by atoms with Crippen LogP contribution < -0.4 is 14.8 Å². The van der Waals surface area contributed by atoms with Crippen molar-refractivity contribution in [3.05, 3.63) is 69.2 Å². The molecule has 1 heterocycles. The van der Waals surface area contributed by atoms with Gasteiger partial charge in [0.15, 0.2) is 0 Å². The average molecular weight is 501 g/mol. The summed E-state index contributed by atoms with van der Waals surface area (Å²) in [4.78, 5) is 25.5. The number of benzene rings is 2. The van der Waals surface area contributed by atoms with Crippen molar-refractivity contribution in [2.45, 2.75) is 19.8 Å². The second-order valence-electron chi connectivity index (χ2n) is 7.46. The van der Waals surface area contributed by atoms with Crippen molar-refractivity contribution in [3.8, 4) is 17.6 Å². The zero-order chi connectivity index (χ0) is 24.7. The zero-order valence-corrected chi connectivity index (χ0v) is 20.7. The summed E-state index contributed by atoms with van der Waals surface area (Å²) in [6.45, 7) is 4.64. The maximum absolute atomic E-state index is 12.9. The highest BCUT2D eigenvalue weighted by Gasteiger charge is 2.44. The van der Waals surface area contributed by atoms with Gasteiger partial charge < -0.3 is 19.5 Å². The molecular weight excluding hydrogens is 476 g/mol. The lowest BCUT2D eigenvalue weighted by Gasteiger charge is -2.31. The van der Waals surface area contributed by atoms with Gasteiger partial charge in [0, 0.05) is 11.7 Å². The maximum atomic E-state index is 12.9. The highest BCUT2D eigenvalue weighted by Crippen LogP contribution is 2.42. The molecule has 2 atom stereocenters. The number of nitrogens with zero attached hydrogens (tertiary/aromatic N) is 1. The molecular formula is C25H25ClN2O5S. The smallest absolute Gasteiger partial charge is 0.319 e. The number of nitrogens with one attached hydrogen (secondary N) is 1. The highest BCUT2D eigenvalue weighted by molar-refractivity contribution is 8.03. The molecule has 0 radical (unpaired) electrons. The summed E-state index contributed by atoms with van der Waals surface area (Å²) in [5.41, 5.74) is 1.94. The van der Waals surface area contributed by atoms with E-state index in [0.717, 1.165) is 11.3 Å². The van der Waals surface area contributed by atoms with Gasteiger partial charge in [-0.25, -0.2) is 0 Å². The van der Waals surface area contributed by atoms with E-state index in [9.17, 15) is 14.9 Å². The SMILES string of the molecule is CCOc1ccc([C@@H]2C(C#N)=C(SCCOc3ccc(C)cc3)NC(=O)[C@@H]2C(=O)OC)cc1Cl. The number of esters is 1. The van der Waals surface area contributed by atoms with Gasteiger partial charge in [-0.2, -0.15) is 5.26 Å². The minimum atomic E-state index is -1.22. The van der Waals surface area contributed by atoms with Crippen molar-refractivity contribution in [1.29, 1.82) is 5.26 Å². The fourth-order valence-corrected chi connectivity index (χ4v) is 4.72. The number of carbonyl (C=O) groups is 2. The van der Waals surface area contributed by atoms with Crippen LogP contribution >= 0.6 is 23.4 Å². The van der Waals surface area contributed by atoms with Crippen LogP contribution in [0.5, 0.6) is 11.5 Å². The minimum Gasteiger partial charge on any atom is -0.493 e. The molecule has 0 aromatic heterocycles. The topological polar surface area (TPSA) is 97.6 Å².